The number of benzene rings is 2. The van der Waals surface area contributed by atoms with Crippen LogP contribution in [0.3, 0.4) is 0 Å². The molecule has 8 nitrogen and oxygen atoms in total. The molecule has 1 amide bonds. The van der Waals surface area contributed by atoms with E-state index in [1.807, 2.05) is 0 Å². The SMILES string of the molecule is C[C@@H](Oc1ccccc1)C(=O)N[C@H](CC(=O)[O-])c1cc([N+](=O)[O-])ccc1Cl. The van der Waals surface area contributed by atoms with Crippen LogP contribution >= 0.6 is 11.6 Å². The van der Waals surface area contributed by atoms with Crippen molar-refractivity contribution in [1.82, 2.24) is 5.32 Å². The lowest BCUT2D eigenvalue weighted by Crippen LogP contribution is -2.40. The van der Waals surface area contributed by atoms with Gasteiger partial charge in [0, 0.05) is 35.1 Å². The second kappa shape index (κ2) is 9.00. The van der Waals surface area contributed by atoms with Gasteiger partial charge in [-0.1, -0.05) is 29.8 Å². The summed E-state index contributed by atoms with van der Waals surface area (Å²) in [5, 5.41) is 24.6. The highest BCUT2D eigenvalue weighted by atomic mass is 35.5. The summed E-state index contributed by atoms with van der Waals surface area (Å²) in [6.07, 6.45) is -1.54. The first-order valence-corrected chi connectivity index (χ1v) is 8.31. The number of halogens is 1. The number of nitro groups is 1. The Morgan fingerprint density at radius 2 is 1.89 bits per heavy atom. The topological polar surface area (TPSA) is 122 Å². The number of hydrogen-bond acceptors (Lipinski definition) is 6. The van der Waals surface area contributed by atoms with Gasteiger partial charge in [-0.2, -0.15) is 0 Å². The Morgan fingerprint density at radius 3 is 2.48 bits per heavy atom. The average molecular weight is 392 g/mol. The third-order valence-corrected chi connectivity index (χ3v) is 4.02. The Morgan fingerprint density at radius 1 is 1.22 bits per heavy atom. The predicted molar refractivity (Wildman–Crippen MR) is 95.1 cm³/mol. The van der Waals surface area contributed by atoms with Crippen molar-refractivity contribution < 1.29 is 24.4 Å². The molecule has 2 aromatic carbocycles. The fraction of sp³-hybridized carbons (Fsp3) is 0.222. The van der Waals surface area contributed by atoms with E-state index >= 15 is 0 Å². The van der Waals surface area contributed by atoms with Crippen LogP contribution in [0.1, 0.15) is 24.9 Å². The van der Waals surface area contributed by atoms with Gasteiger partial charge in [0.25, 0.3) is 11.6 Å². The first-order chi connectivity index (χ1) is 12.8. The molecule has 0 bridgehead atoms. The number of nitro benzene ring substituents is 1. The number of ether oxygens (including phenoxy) is 1. The number of carbonyl (C=O) groups excluding carboxylic acids is 2. The fourth-order valence-corrected chi connectivity index (χ4v) is 2.61. The van der Waals surface area contributed by atoms with Crippen molar-refractivity contribution in [3.05, 3.63) is 69.2 Å². The van der Waals surface area contributed by atoms with Gasteiger partial charge in [-0.05, 0) is 25.1 Å². The number of para-hydroxylation sites is 1. The summed E-state index contributed by atoms with van der Waals surface area (Å²) in [7, 11) is 0. The monoisotopic (exact) mass is 391 g/mol. The zero-order valence-electron chi connectivity index (χ0n) is 14.3. The highest BCUT2D eigenvalue weighted by molar-refractivity contribution is 6.31. The lowest BCUT2D eigenvalue weighted by Gasteiger charge is -2.23. The Bertz CT molecular complexity index is 843. The van der Waals surface area contributed by atoms with Gasteiger partial charge in [0.2, 0.25) is 0 Å². The zero-order chi connectivity index (χ0) is 20.0. The number of nitrogens with one attached hydrogen (secondary N) is 1. The molecule has 0 aliphatic carbocycles. The Balaban J connectivity index is 2.21. The molecule has 27 heavy (non-hydrogen) atoms. The van der Waals surface area contributed by atoms with Crippen LogP contribution in [0.25, 0.3) is 0 Å². The van der Waals surface area contributed by atoms with Gasteiger partial charge in [0.15, 0.2) is 6.10 Å². The van der Waals surface area contributed by atoms with E-state index in [9.17, 15) is 24.8 Å². The third-order valence-electron chi connectivity index (χ3n) is 3.68. The van der Waals surface area contributed by atoms with Gasteiger partial charge >= 0.3 is 0 Å². The summed E-state index contributed by atoms with van der Waals surface area (Å²) in [5.41, 5.74) is -0.170. The number of hydrogen-bond donors (Lipinski definition) is 1. The van der Waals surface area contributed by atoms with Crippen LogP contribution in [0.2, 0.25) is 5.02 Å². The maximum atomic E-state index is 12.4. The third kappa shape index (κ3) is 5.68. The van der Waals surface area contributed by atoms with Crippen molar-refractivity contribution in [3.63, 3.8) is 0 Å². The Labute approximate surface area is 159 Å². The molecule has 1 N–H and O–H groups in total. The number of carbonyl (C=O) groups is 2. The van der Waals surface area contributed by atoms with E-state index in [-0.39, 0.29) is 16.3 Å². The van der Waals surface area contributed by atoms with E-state index in [0.717, 1.165) is 6.07 Å². The second-order valence-electron chi connectivity index (χ2n) is 5.67. The molecule has 2 rings (SSSR count). The minimum absolute atomic E-state index is 0.0868. The van der Waals surface area contributed by atoms with Crippen molar-refractivity contribution >= 4 is 29.2 Å². The summed E-state index contributed by atoms with van der Waals surface area (Å²) >= 11 is 6.05. The lowest BCUT2D eigenvalue weighted by molar-refractivity contribution is -0.385. The molecule has 0 spiro atoms. The lowest BCUT2D eigenvalue weighted by atomic mass is 10.0. The largest absolute Gasteiger partial charge is 0.550 e. The van der Waals surface area contributed by atoms with E-state index in [2.05, 4.69) is 5.32 Å². The number of carboxylic acid groups (broad SMARTS) is 1. The van der Waals surface area contributed by atoms with Gasteiger partial charge in [-0.25, -0.2) is 0 Å². The minimum atomic E-state index is -1.44. The molecule has 0 aromatic heterocycles. The highest BCUT2D eigenvalue weighted by Gasteiger charge is 2.24. The summed E-state index contributed by atoms with van der Waals surface area (Å²) in [6.45, 7) is 1.49. The number of amides is 1. The van der Waals surface area contributed by atoms with Gasteiger partial charge in [-0.15, -0.1) is 0 Å². The van der Waals surface area contributed by atoms with Crippen molar-refractivity contribution in [3.8, 4) is 5.75 Å². The van der Waals surface area contributed by atoms with Crippen LogP contribution in [0.4, 0.5) is 5.69 Å². The molecular weight excluding hydrogens is 376 g/mol. The maximum absolute atomic E-state index is 12.4. The molecule has 0 heterocycles. The van der Waals surface area contributed by atoms with E-state index < -0.39 is 35.4 Å². The van der Waals surface area contributed by atoms with E-state index in [1.165, 1.54) is 19.1 Å². The van der Waals surface area contributed by atoms with Crippen molar-refractivity contribution in [2.45, 2.75) is 25.5 Å². The minimum Gasteiger partial charge on any atom is -0.550 e. The first kappa shape index (κ1) is 20.2. The Kier molecular flexibility index (Phi) is 6.73. The van der Waals surface area contributed by atoms with Crippen molar-refractivity contribution in [2.75, 3.05) is 0 Å². The summed E-state index contributed by atoms with van der Waals surface area (Å²) in [4.78, 5) is 33.8. The smallest absolute Gasteiger partial charge is 0.269 e. The van der Waals surface area contributed by atoms with Crippen LogP contribution in [-0.2, 0) is 9.59 Å². The van der Waals surface area contributed by atoms with Crippen LogP contribution in [0.5, 0.6) is 5.75 Å². The van der Waals surface area contributed by atoms with E-state index in [4.69, 9.17) is 16.3 Å². The molecule has 0 radical (unpaired) electrons. The van der Waals surface area contributed by atoms with Crippen LogP contribution < -0.4 is 15.2 Å². The normalized spacial score (nSPS) is 12.7. The summed E-state index contributed by atoms with van der Waals surface area (Å²) in [6, 6.07) is 11.1. The molecule has 0 aliphatic heterocycles. The maximum Gasteiger partial charge on any atom is 0.269 e. The summed E-state index contributed by atoms with van der Waals surface area (Å²) < 4.78 is 5.49. The van der Waals surface area contributed by atoms with Gasteiger partial charge < -0.3 is 20.0 Å². The van der Waals surface area contributed by atoms with Gasteiger partial charge in [0.05, 0.1) is 11.0 Å². The molecule has 0 saturated heterocycles. The highest BCUT2D eigenvalue weighted by Crippen LogP contribution is 2.29. The van der Waals surface area contributed by atoms with Gasteiger partial charge in [-0.3, -0.25) is 14.9 Å². The number of rotatable bonds is 8. The van der Waals surface area contributed by atoms with Crippen molar-refractivity contribution in [1.29, 1.82) is 0 Å². The molecule has 0 aliphatic rings. The van der Waals surface area contributed by atoms with Crippen LogP contribution in [-0.4, -0.2) is 22.9 Å². The Hall–Kier alpha value is -3.13. The van der Waals surface area contributed by atoms with Crippen LogP contribution in [0.15, 0.2) is 48.5 Å². The summed E-state index contributed by atoms with van der Waals surface area (Å²) in [5.74, 6) is -1.59. The molecule has 0 unspecified atom stereocenters. The molecule has 0 saturated carbocycles. The van der Waals surface area contributed by atoms with Crippen LogP contribution in [0, 0.1) is 10.1 Å². The molecule has 0 fully saturated rings. The quantitative estimate of drug-likeness (QED) is 0.542. The standard InChI is InChI=1S/C18H17ClN2O6/c1-11(27-13-5-3-2-4-6-13)18(24)20-16(10-17(22)23)14-9-12(21(25)26)7-8-15(14)19/h2-9,11,16H,10H2,1H3,(H,20,24)(H,22,23)/p-1/t11-,16-/m1/s1. The molecule has 142 valence electrons. The zero-order valence-corrected chi connectivity index (χ0v) is 15.0. The number of carboxylic acids is 1. The molecular formula is C18H16ClN2O6-. The fourth-order valence-electron chi connectivity index (χ4n) is 2.36. The number of non-ortho nitro benzene ring substituents is 1. The first-order valence-electron chi connectivity index (χ1n) is 7.93. The number of nitrogens with zero attached hydrogens (tertiary/aromatic N) is 1. The molecule has 2 aromatic rings. The van der Waals surface area contributed by atoms with E-state index in [0.29, 0.717) is 5.75 Å². The molecule has 9 heteroatoms. The average Bonchev–Trinajstić information content (AvgIpc) is 2.61. The molecule has 2 atom stereocenters. The second-order valence-corrected chi connectivity index (χ2v) is 6.08. The van der Waals surface area contributed by atoms with Gasteiger partial charge in [0.1, 0.15) is 5.75 Å². The van der Waals surface area contributed by atoms with E-state index in [1.54, 1.807) is 30.3 Å². The number of aliphatic carboxylic acids is 1. The predicted octanol–water partition coefficient (Wildman–Crippen LogP) is 2.01. The van der Waals surface area contributed by atoms with Crippen molar-refractivity contribution in [2.24, 2.45) is 0 Å².